The van der Waals surface area contributed by atoms with Gasteiger partial charge in [-0.05, 0) is 36.8 Å². The number of nitro groups is 1. The molecule has 190 valence electrons. The van der Waals surface area contributed by atoms with E-state index in [1.54, 1.807) is 6.92 Å². The maximum atomic E-state index is 13.8. The van der Waals surface area contributed by atoms with Crippen molar-refractivity contribution in [2.24, 2.45) is 5.92 Å². The van der Waals surface area contributed by atoms with Gasteiger partial charge in [0.1, 0.15) is 11.8 Å². The van der Waals surface area contributed by atoms with Crippen molar-refractivity contribution in [2.75, 3.05) is 11.5 Å². The summed E-state index contributed by atoms with van der Waals surface area (Å²) in [5.74, 6) is -2.94. The Balaban J connectivity index is 1.62. The van der Waals surface area contributed by atoms with Crippen LogP contribution in [0, 0.1) is 16.0 Å². The van der Waals surface area contributed by atoms with Gasteiger partial charge in [0.05, 0.1) is 28.2 Å². The number of imide groups is 1. The highest BCUT2D eigenvalue weighted by Crippen LogP contribution is 2.54. The molecule has 5 rings (SSSR count). The van der Waals surface area contributed by atoms with E-state index in [0.717, 1.165) is 38.0 Å². The van der Waals surface area contributed by atoms with Crippen molar-refractivity contribution in [1.82, 2.24) is 4.57 Å². The van der Waals surface area contributed by atoms with E-state index in [1.165, 1.54) is 28.8 Å². The highest BCUT2D eigenvalue weighted by molar-refractivity contribution is 9.10. The summed E-state index contributed by atoms with van der Waals surface area (Å²) in [5, 5.41) is 10.7. The van der Waals surface area contributed by atoms with Gasteiger partial charge in [0, 0.05) is 27.4 Å². The van der Waals surface area contributed by atoms with Crippen molar-refractivity contribution in [2.45, 2.75) is 29.7 Å². The van der Waals surface area contributed by atoms with Crippen LogP contribution in [0.1, 0.15) is 23.3 Å². The van der Waals surface area contributed by atoms with Gasteiger partial charge in [0.25, 0.3) is 5.69 Å². The van der Waals surface area contributed by atoms with Crippen LogP contribution in [-0.4, -0.2) is 39.1 Å². The molecule has 2 aliphatic rings. The molecular formula is C24H18BrN3O7S2. The first-order valence-corrected chi connectivity index (χ1v) is 13.6. The molecule has 2 aliphatic heterocycles. The third-order valence-corrected chi connectivity index (χ3v) is 9.27. The lowest BCUT2D eigenvalue weighted by Gasteiger charge is -2.30. The first kappa shape index (κ1) is 25.4. The number of hydrogen-bond acceptors (Lipinski definition) is 9. The zero-order valence-electron chi connectivity index (χ0n) is 19.2. The van der Waals surface area contributed by atoms with Crippen LogP contribution in [0.25, 0.3) is 0 Å². The zero-order valence-corrected chi connectivity index (χ0v) is 22.4. The van der Waals surface area contributed by atoms with Crippen molar-refractivity contribution < 1.29 is 24.0 Å². The molecule has 10 nitrogen and oxygen atoms in total. The Kier molecular flexibility index (Phi) is 6.77. The molecule has 0 spiro atoms. The Bertz CT molecular complexity index is 1500. The van der Waals surface area contributed by atoms with Crippen LogP contribution in [0.4, 0.5) is 11.4 Å². The number of halogens is 1. The molecule has 1 saturated heterocycles. The van der Waals surface area contributed by atoms with E-state index >= 15 is 0 Å². The molecule has 2 amide bonds. The quantitative estimate of drug-likeness (QED) is 0.179. The van der Waals surface area contributed by atoms with Crippen molar-refractivity contribution in [1.29, 1.82) is 0 Å². The standard InChI is InChI=1S/C24H18BrN3O7S2/c1-2-35-16(29)11-26-23-20(37-24(26)32)17(12-4-3-5-13(25)10-12)18-19(36-23)22(31)27(21(18)30)14-6-8-15(9-7-14)28(33)34/h3-10,17-19H,2,11H2,1H3/t17-,18-,19+/m0/s1. The number of fused-ring (bicyclic) bond motifs is 2. The SMILES string of the molecule is CCOC(=O)Cn1c2c(sc1=O)[C@@H](c1cccc(Br)c1)[C@@H]1C(=O)N(c3ccc([N+](=O)[O-])cc3)C(=O)[C@@H]1S2. The fourth-order valence-electron chi connectivity index (χ4n) is 4.63. The first-order valence-electron chi connectivity index (χ1n) is 11.1. The summed E-state index contributed by atoms with van der Waals surface area (Å²) in [6.45, 7) is 1.53. The van der Waals surface area contributed by atoms with E-state index < -0.39 is 39.8 Å². The lowest BCUT2D eigenvalue weighted by molar-refractivity contribution is -0.384. The molecule has 0 N–H and O–H groups in total. The summed E-state index contributed by atoms with van der Waals surface area (Å²) >= 11 is 5.49. The maximum absolute atomic E-state index is 13.8. The highest BCUT2D eigenvalue weighted by atomic mass is 79.9. The van der Waals surface area contributed by atoms with Crippen LogP contribution in [-0.2, 0) is 25.7 Å². The molecule has 3 atom stereocenters. The van der Waals surface area contributed by atoms with Gasteiger partial charge in [-0.1, -0.05) is 51.2 Å². The topological polar surface area (TPSA) is 129 Å². The molecule has 13 heteroatoms. The number of non-ortho nitro benzene ring substituents is 1. The summed E-state index contributed by atoms with van der Waals surface area (Å²) in [6, 6.07) is 12.5. The van der Waals surface area contributed by atoms with Gasteiger partial charge in [-0.15, -0.1) is 0 Å². The largest absolute Gasteiger partial charge is 0.465 e. The number of benzene rings is 2. The number of carbonyl (C=O) groups is 3. The second-order valence-electron chi connectivity index (χ2n) is 8.31. The normalized spacial score (nSPS) is 20.5. The van der Waals surface area contributed by atoms with Gasteiger partial charge in [-0.2, -0.15) is 0 Å². The molecule has 0 radical (unpaired) electrons. The molecule has 0 unspecified atom stereocenters. The molecule has 37 heavy (non-hydrogen) atoms. The highest BCUT2D eigenvalue weighted by Gasteiger charge is 2.56. The third-order valence-electron chi connectivity index (χ3n) is 6.17. The minimum atomic E-state index is -0.860. The summed E-state index contributed by atoms with van der Waals surface area (Å²) in [6.07, 6.45) is 0. The fraction of sp³-hybridized carbons (Fsp3) is 0.250. The molecule has 2 aromatic carbocycles. The van der Waals surface area contributed by atoms with Gasteiger partial charge < -0.3 is 4.74 Å². The molecule has 1 fully saturated rings. The summed E-state index contributed by atoms with van der Waals surface area (Å²) in [5.41, 5.74) is 0.810. The van der Waals surface area contributed by atoms with E-state index in [0.29, 0.717) is 9.90 Å². The Morgan fingerprint density at radius 3 is 2.51 bits per heavy atom. The second-order valence-corrected chi connectivity index (χ2v) is 11.3. The fourth-order valence-corrected chi connectivity index (χ4v) is 7.82. The number of anilines is 1. The smallest absolute Gasteiger partial charge is 0.326 e. The van der Waals surface area contributed by atoms with E-state index in [4.69, 9.17) is 4.74 Å². The lowest BCUT2D eigenvalue weighted by Crippen LogP contribution is -2.32. The average molecular weight is 604 g/mol. The van der Waals surface area contributed by atoms with Crippen LogP contribution < -0.4 is 9.77 Å². The van der Waals surface area contributed by atoms with E-state index in [-0.39, 0.29) is 29.4 Å². The number of amides is 2. The molecule has 3 heterocycles. The van der Waals surface area contributed by atoms with Crippen LogP contribution in [0.5, 0.6) is 0 Å². The number of nitrogens with zero attached hydrogens (tertiary/aromatic N) is 3. The van der Waals surface area contributed by atoms with Gasteiger partial charge in [-0.3, -0.25) is 33.9 Å². The Morgan fingerprint density at radius 2 is 1.86 bits per heavy atom. The van der Waals surface area contributed by atoms with Crippen molar-refractivity contribution in [3.05, 3.63) is 83.2 Å². The Labute approximate surface area is 226 Å². The Morgan fingerprint density at radius 1 is 1.14 bits per heavy atom. The van der Waals surface area contributed by atoms with E-state index in [9.17, 15) is 29.3 Å². The molecule has 0 bridgehead atoms. The second kappa shape index (κ2) is 9.88. The van der Waals surface area contributed by atoms with Gasteiger partial charge in [-0.25, -0.2) is 4.90 Å². The predicted molar refractivity (Wildman–Crippen MR) is 140 cm³/mol. The number of rotatable bonds is 6. The maximum Gasteiger partial charge on any atom is 0.326 e. The van der Waals surface area contributed by atoms with Crippen molar-refractivity contribution >= 4 is 68.2 Å². The van der Waals surface area contributed by atoms with Crippen LogP contribution in [0.2, 0.25) is 0 Å². The molecular weight excluding hydrogens is 586 g/mol. The minimum Gasteiger partial charge on any atom is -0.465 e. The molecule has 1 aromatic heterocycles. The summed E-state index contributed by atoms with van der Waals surface area (Å²) < 4.78 is 7.10. The number of carbonyl (C=O) groups excluding carboxylic acids is 3. The molecule has 0 aliphatic carbocycles. The van der Waals surface area contributed by atoms with Crippen molar-refractivity contribution in [3.63, 3.8) is 0 Å². The first-order chi connectivity index (χ1) is 17.7. The third kappa shape index (κ3) is 4.40. The van der Waals surface area contributed by atoms with Crippen LogP contribution in [0.3, 0.4) is 0 Å². The minimum absolute atomic E-state index is 0.160. The van der Waals surface area contributed by atoms with E-state index in [2.05, 4.69) is 15.9 Å². The number of thioether (sulfide) groups is 1. The number of ether oxygens (including phenoxy) is 1. The lowest BCUT2D eigenvalue weighted by atomic mass is 9.83. The van der Waals surface area contributed by atoms with Crippen LogP contribution in [0.15, 0.2) is 62.8 Å². The number of thiazole rings is 1. The number of hydrogen-bond donors (Lipinski definition) is 0. The summed E-state index contributed by atoms with van der Waals surface area (Å²) in [7, 11) is 0. The van der Waals surface area contributed by atoms with Crippen LogP contribution >= 0.6 is 39.0 Å². The van der Waals surface area contributed by atoms with E-state index in [1.807, 2.05) is 24.3 Å². The van der Waals surface area contributed by atoms with Gasteiger partial charge >= 0.3 is 10.8 Å². The zero-order chi connectivity index (χ0) is 26.4. The number of nitro benzene ring substituents is 1. The monoisotopic (exact) mass is 603 g/mol. The average Bonchev–Trinajstić information content (AvgIpc) is 3.30. The molecule has 3 aromatic rings. The van der Waals surface area contributed by atoms with Crippen molar-refractivity contribution in [3.8, 4) is 0 Å². The predicted octanol–water partition coefficient (Wildman–Crippen LogP) is 3.94. The number of esters is 1. The van der Waals surface area contributed by atoms with Gasteiger partial charge in [0.15, 0.2) is 0 Å². The molecule has 0 saturated carbocycles. The number of aromatic nitrogens is 1. The Hall–Kier alpha value is -3.29. The van der Waals surface area contributed by atoms with Gasteiger partial charge in [0.2, 0.25) is 11.8 Å². The summed E-state index contributed by atoms with van der Waals surface area (Å²) in [4.78, 5) is 64.4.